The summed E-state index contributed by atoms with van der Waals surface area (Å²) in [6.07, 6.45) is 8.28. The molecule has 0 bridgehead atoms. The number of rotatable bonds is 5. The Balaban J connectivity index is 1.62. The summed E-state index contributed by atoms with van der Waals surface area (Å²) in [5.41, 5.74) is 1.96. The number of piperidine rings is 1. The second-order valence-electron chi connectivity index (χ2n) is 6.27. The van der Waals surface area contributed by atoms with Crippen LogP contribution in [0.15, 0.2) is 23.0 Å². The minimum absolute atomic E-state index is 0.224. The summed E-state index contributed by atoms with van der Waals surface area (Å²) in [5.74, 6) is 1.05. The molecule has 1 saturated heterocycles. The van der Waals surface area contributed by atoms with Gasteiger partial charge in [-0.05, 0) is 45.6 Å². The first-order valence-corrected chi connectivity index (χ1v) is 8.34. The zero-order valence-electron chi connectivity index (χ0n) is 13.9. The molecule has 0 N–H and O–H groups in total. The van der Waals surface area contributed by atoms with Crippen LogP contribution < -0.4 is 0 Å². The average molecular weight is 316 g/mol. The van der Waals surface area contributed by atoms with Crippen molar-refractivity contribution in [1.29, 1.82) is 0 Å². The molecule has 1 amide bonds. The van der Waals surface area contributed by atoms with Crippen LogP contribution in [0.1, 0.15) is 42.7 Å². The first kappa shape index (κ1) is 15.8. The lowest BCUT2D eigenvalue weighted by molar-refractivity contribution is -0.135. The fourth-order valence-electron chi connectivity index (χ4n) is 3.38. The molecule has 2 aromatic rings. The molecule has 3 rings (SSSR count). The number of carbonyl (C=O) groups is 1. The molecule has 0 aliphatic carbocycles. The molecular formula is C17H24N4O2. The Bertz CT molecular complexity index is 628. The number of hydrogen-bond donors (Lipinski definition) is 0. The highest BCUT2D eigenvalue weighted by Gasteiger charge is 2.27. The maximum absolute atomic E-state index is 12.7. The minimum atomic E-state index is 0.224. The molecule has 0 spiro atoms. The van der Waals surface area contributed by atoms with Gasteiger partial charge >= 0.3 is 0 Å². The van der Waals surface area contributed by atoms with Gasteiger partial charge in [0, 0.05) is 30.9 Å². The van der Waals surface area contributed by atoms with Crippen LogP contribution in [0.2, 0.25) is 0 Å². The number of aryl methyl sites for hydroxylation is 2. The zero-order valence-corrected chi connectivity index (χ0v) is 13.9. The second kappa shape index (κ2) is 6.98. The number of nitrogens with zero attached hydrogens (tertiary/aromatic N) is 4. The maximum Gasteiger partial charge on any atom is 0.223 e. The molecule has 23 heavy (non-hydrogen) atoms. The fraction of sp³-hybridized carbons (Fsp3) is 0.588. The highest BCUT2D eigenvalue weighted by Crippen LogP contribution is 2.21. The standard InChI is InChI=1S/C17H24N4O2/c1-13-16(14(2)23-19-13)7-8-17(22)21-11-4-3-6-15(21)12-20-10-5-9-18-20/h5,9-10,15H,3-4,6-8,11-12H2,1-2H3/t15-/m1/s1. The average Bonchev–Trinajstić information content (AvgIpc) is 3.16. The number of likely N-dealkylation sites (tertiary alicyclic amines) is 1. The third kappa shape index (κ3) is 3.63. The van der Waals surface area contributed by atoms with Gasteiger partial charge in [-0.3, -0.25) is 9.48 Å². The van der Waals surface area contributed by atoms with E-state index in [9.17, 15) is 4.79 Å². The van der Waals surface area contributed by atoms with Crippen molar-refractivity contribution in [2.24, 2.45) is 0 Å². The third-order valence-electron chi connectivity index (χ3n) is 4.67. The Morgan fingerprint density at radius 1 is 1.39 bits per heavy atom. The number of carbonyl (C=O) groups excluding carboxylic acids is 1. The van der Waals surface area contributed by atoms with Crippen LogP contribution in [0.3, 0.4) is 0 Å². The van der Waals surface area contributed by atoms with Crippen LogP contribution in [0, 0.1) is 13.8 Å². The van der Waals surface area contributed by atoms with Crippen molar-refractivity contribution in [2.45, 2.75) is 58.5 Å². The Labute approximate surface area is 136 Å². The van der Waals surface area contributed by atoms with Gasteiger partial charge in [-0.2, -0.15) is 5.10 Å². The van der Waals surface area contributed by atoms with Gasteiger partial charge in [0.1, 0.15) is 5.76 Å². The van der Waals surface area contributed by atoms with Crippen molar-refractivity contribution >= 4 is 5.91 Å². The van der Waals surface area contributed by atoms with E-state index in [-0.39, 0.29) is 11.9 Å². The lowest BCUT2D eigenvalue weighted by Gasteiger charge is -2.36. The Hall–Kier alpha value is -2.11. The molecule has 0 saturated carbocycles. The number of amides is 1. The first-order valence-electron chi connectivity index (χ1n) is 8.34. The molecule has 1 atom stereocenters. The summed E-state index contributed by atoms with van der Waals surface area (Å²) in [6, 6.07) is 2.17. The van der Waals surface area contributed by atoms with E-state index in [1.165, 1.54) is 6.42 Å². The Morgan fingerprint density at radius 3 is 2.96 bits per heavy atom. The molecule has 6 heteroatoms. The Morgan fingerprint density at radius 2 is 2.26 bits per heavy atom. The van der Waals surface area contributed by atoms with E-state index in [4.69, 9.17) is 4.52 Å². The maximum atomic E-state index is 12.7. The van der Waals surface area contributed by atoms with Crippen molar-refractivity contribution in [3.8, 4) is 0 Å². The van der Waals surface area contributed by atoms with Crippen molar-refractivity contribution < 1.29 is 9.32 Å². The van der Waals surface area contributed by atoms with Gasteiger partial charge in [-0.15, -0.1) is 0 Å². The van der Waals surface area contributed by atoms with E-state index < -0.39 is 0 Å². The highest BCUT2D eigenvalue weighted by atomic mass is 16.5. The predicted octanol–water partition coefficient (Wildman–Crippen LogP) is 2.50. The van der Waals surface area contributed by atoms with E-state index >= 15 is 0 Å². The third-order valence-corrected chi connectivity index (χ3v) is 4.67. The van der Waals surface area contributed by atoms with Crippen LogP contribution in [-0.4, -0.2) is 38.3 Å². The topological polar surface area (TPSA) is 64.2 Å². The molecule has 2 aromatic heterocycles. The molecule has 0 aromatic carbocycles. The summed E-state index contributed by atoms with van der Waals surface area (Å²) >= 11 is 0. The van der Waals surface area contributed by atoms with E-state index in [2.05, 4.69) is 10.3 Å². The van der Waals surface area contributed by atoms with Gasteiger partial charge in [0.15, 0.2) is 0 Å². The molecule has 1 fully saturated rings. The summed E-state index contributed by atoms with van der Waals surface area (Å²) < 4.78 is 7.10. The highest BCUT2D eigenvalue weighted by molar-refractivity contribution is 5.77. The van der Waals surface area contributed by atoms with Gasteiger partial charge in [-0.1, -0.05) is 5.16 Å². The molecule has 0 radical (unpaired) electrons. The molecule has 1 aliphatic rings. The molecule has 0 unspecified atom stereocenters. The van der Waals surface area contributed by atoms with E-state index in [0.29, 0.717) is 12.8 Å². The first-order chi connectivity index (χ1) is 11.1. The van der Waals surface area contributed by atoms with Gasteiger partial charge in [-0.25, -0.2) is 0 Å². The summed E-state index contributed by atoms with van der Waals surface area (Å²) in [6.45, 7) is 5.47. The monoisotopic (exact) mass is 316 g/mol. The quantitative estimate of drug-likeness (QED) is 0.850. The lowest BCUT2D eigenvalue weighted by atomic mass is 10.0. The fourth-order valence-corrected chi connectivity index (χ4v) is 3.38. The Kier molecular flexibility index (Phi) is 4.79. The van der Waals surface area contributed by atoms with Crippen molar-refractivity contribution in [1.82, 2.24) is 19.8 Å². The van der Waals surface area contributed by atoms with Crippen LogP contribution in [0.25, 0.3) is 0 Å². The smallest absolute Gasteiger partial charge is 0.223 e. The normalized spacial score (nSPS) is 18.3. The van der Waals surface area contributed by atoms with Crippen molar-refractivity contribution in [2.75, 3.05) is 6.54 Å². The zero-order chi connectivity index (χ0) is 16.2. The molecular weight excluding hydrogens is 292 g/mol. The number of aromatic nitrogens is 3. The lowest BCUT2D eigenvalue weighted by Crippen LogP contribution is -2.46. The second-order valence-corrected chi connectivity index (χ2v) is 6.27. The molecule has 1 aliphatic heterocycles. The largest absolute Gasteiger partial charge is 0.361 e. The molecule has 124 valence electrons. The van der Waals surface area contributed by atoms with Crippen LogP contribution in [-0.2, 0) is 17.8 Å². The molecule has 3 heterocycles. The summed E-state index contributed by atoms with van der Waals surface area (Å²) in [4.78, 5) is 14.7. The number of hydrogen-bond acceptors (Lipinski definition) is 4. The van der Waals surface area contributed by atoms with Gasteiger partial charge < -0.3 is 9.42 Å². The summed E-state index contributed by atoms with van der Waals surface area (Å²) in [5, 5.41) is 8.23. The summed E-state index contributed by atoms with van der Waals surface area (Å²) in [7, 11) is 0. The van der Waals surface area contributed by atoms with Crippen molar-refractivity contribution in [3.63, 3.8) is 0 Å². The van der Waals surface area contributed by atoms with E-state index in [1.54, 1.807) is 6.20 Å². The minimum Gasteiger partial charge on any atom is -0.361 e. The van der Waals surface area contributed by atoms with Gasteiger partial charge in [0.05, 0.1) is 18.3 Å². The predicted molar refractivity (Wildman–Crippen MR) is 85.9 cm³/mol. The van der Waals surface area contributed by atoms with E-state index in [1.807, 2.05) is 35.7 Å². The van der Waals surface area contributed by atoms with E-state index in [0.717, 1.165) is 42.9 Å². The van der Waals surface area contributed by atoms with Gasteiger partial charge in [0.2, 0.25) is 5.91 Å². The SMILES string of the molecule is Cc1noc(C)c1CCC(=O)N1CCCC[C@@H]1Cn1cccn1. The van der Waals surface area contributed by atoms with Crippen LogP contribution >= 0.6 is 0 Å². The van der Waals surface area contributed by atoms with Crippen molar-refractivity contribution in [3.05, 3.63) is 35.5 Å². The molecule has 6 nitrogen and oxygen atoms in total. The van der Waals surface area contributed by atoms with Crippen LogP contribution in [0.5, 0.6) is 0 Å². The van der Waals surface area contributed by atoms with Gasteiger partial charge in [0.25, 0.3) is 0 Å². The van der Waals surface area contributed by atoms with Crippen LogP contribution in [0.4, 0.5) is 0 Å².